The molecule has 5 heteroatoms. The zero-order valence-electron chi connectivity index (χ0n) is 12.3. The van der Waals surface area contributed by atoms with E-state index >= 15 is 0 Å². The number of nitrogens with one attached hydrogen (secondary N) is 1. The van der Waals surface area contributed by atoms with Gasteiger partial charge in [-0.25, -0.2) is 0 Å². The zero-order valence-corrected chi connectivity index (χ0v) is 12.3. The fraction of sp³-hybridized carbons (Fsp3) is 0.176. The first-order valence-corrected chi connectivity index (χ1v) is 7.11. The van der Waals surface area contributed by atoms with Gasteiger partial charge >= 0.3 is 0 Å². The summed E-state index contributed by atoms with van der Waals surface area (Å²) >= 11 is 0. The van der Waals surface area contributed by atoms with Gasteiger partial charge in [0.25, 0.3) is 5.91 Å². The van der Waals surface area contributed by atoms with Gasteiger partial charge in [0, 0.05) is 13.5 Å². The monoisotopic (exact) mass is 295 g/mol. The topological polar surface area (TPSA) is 53.9 Å². The first kappa shape index (κ1) is 14.1. The summed E-state index contributed by atoms with van der Waals surface area (Å²) in [5, 5.41) is 5.59. The number of carbonyl (C=O) groups excluding carboxylic acids is 1. The van der Waals surface area contributed by atoms with Crippen LogP contribution in [0.1, 0.15) is 18.1 Å². The van der Waals surface area contributed by atoms with Gasteiger partial charge in [0.1, 0.15) is 0 Å². The SMILES string of the molecule is CN(NC(=O)C1=NOC(c2ccccc2)C1)c1ccccc1. The summed E-state index contributed by atoms with van der Waals surface area (Å²) in [4.78, 5) is 17.6. The number of oxime groups is 1. The zero-order chi connectivity index (χ0) is 15.4. The number of nitrogens with zero attached hydrogens (tertiary/aromatic N) is 2. The molecule has 1 heterocycles. The van der Waals surface area contributed by atoms with Crippen LogP contribution in [0.4, 0.5) is 5.69 Å². The summed E-state index contributed by atoms with van der Waals surface area (Å²) in [7, 11) is 1.79. The second-order valence-electron chi connectivity index (χ2n) is 5.08. The molecule has 1 N–H and O–H groups in total. The Balaban J connectivity index is 1.60. The van der Waals surface area contributed by atoms with Crippen molar-refractivity contribution in [2.45, 2.75) is 12.5 Å². The number of carbonyl (C=O) groups is 1. The van der Waals surface area contributed by atoms with Crippen molar-refractivity contribution in [2.75, 3.05) is 12.1 Å². The third kappa shape index (κ3) is 3.09. The van der Waals surface area contributed by atoms with E-state index in [0.29, 0.717) is 12.1 Å². The van der Waals surface area contributed by atoms with E-state index < -0.39 is 0 Å². The van der Waals surface area contributed by atoms with Crippen molar-refractivity contribution >= 4 is 17.3 Å². The summed E-state index contributed by atoms with van der Waals surface area (Å²) < 4.78 is 0. The highest BCUT2D eigenvalue weighted by atomic mass is 16.6. The normalized spacial score (nSPS) is 16.6. The van der Waals surface area contributed by atoms with Crippen molar-refractivity contribution in [3.63, 3.8) is 0 Å². The summed E-state index contributed by atoms with van der Waals surface area (Å²) in [6, 6.07) is 19.4. The number of benzene rings is 2. The predicted molar refractivity (Wildman–Crippen MR) is 85.3 cm³/mol. The summed E-state index contributed by atoms with van der Waals surface area (Å²) in [5.41, 5.74) is 5.11. The lowest BCUT2D eigenvalue weighted by atomic mass is 10.0. The minimum absolute atomic E-state index is 0.191. The van der Waals surface area contributed by atoms with Crippen LogP contribution in [0.25, 0.3) is 0 Å². The smallest absolute Gasteiger partial charge is 0.287 e. The van der Waals surface area contributed by atoms with E-state index in [2.05, 4.69) is 10.6 Å². The molecule has 0 spiro atoms. The Morgan fingerprint density at radius 1 is 1.14 bits per heavy atom. The Labute approximate surface area is 129 Å². The maximum Gasteiger partial charge on any atom is 0.287 e. The van der Waals surface area contributed by atoms with E-state index in [1.807, 2.05) is 60.7 Å². The molecule has 0 radical (unpaired) electrons. The van der Waals surface area contributed by atoms with Crippen LogP contribution in [0.2, 0.25) is 0 Å². The molecule has 1 unspecified atom stereocenters. The van der Waals surface area contributed by atoms with Crippen molar-refractivity contribution in [3.05, 3.63) is 66.2 Å². The van der Waals surface area contributed by atoms with E-state index in [0.717, 1.165) is 11.3 Å². The molecule has 3 rings (SSSR count). The van der Waals surface area contributed by atoms with E-state index in [4.69, 9.17) is 4.84 Å². The molecule has 1 aliphatic heterocycles. The average Bonchev–Trinajstić information content (AvgIpc) is 3.06. The second-order valence-corrected chi connectivity index (χ2v) is 5.08. The molecule has 1 amide bonds. The number of anilines is 1. The van der Waals surface area contributed by atoms with Crippen molar-refractivity contribution in [1.82, 2.24) is 5.43 Å². The molecule has 22 heavy (non-hydrogen) atoms. The third-order valence-corrected chi connectivity index (χ3v) is 3.52. The van der Waals surface area contributed by atoms with Crippen molar-refractivity contribution < 1.29 is 9.63 Å². The van der Waals surface area contributed by atoms with Crippen LogP contribution in [0.15, 0.2) is 65.8 Å². The van der Waals surface area contributed by atoms with Crippen LogP contribution >= 0.6 is 0 Å². The highest BCUT2D eigenvalue weighted by molar-refractivity contribution is 6.39. The first-order valence-electron chi connectivity index (χ1n) is 7.11. The van der Waals surface area contributed by atoms with Gasteiger partial charge < -0.3 is 4.84 Å². The van der Waals surface area contributed by atoms with Gasteiger partial charge in [-0.3, -0.25) is 15.2 Å². The Hall–Kier alpha value is -2.82. The molecule has 112 valence electrons. The molecule has 0 saturated carbocycles. The molecule has 0 bridgehead atoms. The maximum absolute atomic E-state index is 12.2. The highest BCUT2D eigenvalue weighted by Crippen LogP contribution is 2.26. The second kappa shape index (κ2) is 6.30. The molecule has 0 saturated heterocycles. The van der Waals surface area contributed by atoms with Gasteiger partial charge in [0.05, 0.1) is 5.69 Å². The van der Waals surface area contributed by atoms with Crippen molar-refractivity contribution in [3.8, 4) is 0 Å². The molecular weight excluding hydrogens is 278 g/mol. The number of amides is 1. The maximum atomic E-state index is 12.2. The van der Waals surface area contributed by atoms with E-state index in [1.165, 1.54) is 0 Å². The number of hydrogen-bond acceptors (Lipinski definition) is 4. The molecule has 1 aliphatic rings. The standard InChI is InChI=1S/C17H17N3O2/c1-20(14-10-6-3-7-11-14)18-17(21)15-12-16(22-19-15)13-8-4-2-5-9-13/h2-11,16H,12H2,1H3,(H,18,21). The number of hydrogen-bond donors (Lipinski definition) is 1. The van der Waals surface area contributed by atoms with E-state index in [9.17, 15) is 4.79 Å². The fourth-order valence-corrected chi connectivity index (χ4v) is 2.29. The average molecular weight is 295 g/mol. The lowest BCUT2D eigenvalue weighted by Crippen LogP contribution is -2.42. The summed E-state index contributed by atoms with van der Waals surface area (Å²) in [5.74, 6) is -0.246. The third-order valence-electron chi connectivity index (χ3n) is 3.52. The van der Waals surface area contributed by atoms with Crippen LogP contribution in [-0.2, 0) is 9.63 Å². The van der Waals surface area contributed by atoms with Crippen LogP contribution in [0.5, 0.6) is 0 Å². The largest absolute Gasteiger partial charge is 0.387 e. The van der Waals surface area contributed by atoms with Gasteiger partial charge in [-0.1, -0.05) is 53.7 Å². The molecule has 2 aromatic rings. The molecule has 0 aliphatic carbocycles. The molecule has 1 atom stereocenters. The van der Waals surface area contributed by atoms with Crippen LogP contribution in [0, 0.1) is 0 Å². The Kier molecular flexibility index (Phi) is 4.05. The molecular formula is C17H17N3O2. The van der Waals surface area contributed by atoms with Crippen molar-refractivity contribution in [2.24, 2.45) is 5.16 Å². The Morgan fingerprint density at radius 3 is 2.45 bits per heavy atom. The van der Waals surface area contributed by atoms with Gasteiger partial charge in [-0.15, -0.1) is 0 Å². The number of para-hydroxylation sites is 1. The minimum Gasteiger partial charge on any atom is -0.387 e. The molecule has 0 fully saturated rings. The van der Waals surface area contributed by atoms with Crippen LogP contribution in [-0.4, -0.2) is 18.7 Å². The highest BCUT2D eigenvalue weighted by Gasteiger charge is 2.27. The van der Waals surface area contributed by atoms with Crippen LogP contribution in [0.3, 0.4) is 0 Å². The van der Waals surface area contributed by atoms with Crippen LogP contribution < -0.4 is 10.4 Å². The van der Waals surface area contributed by atoms with Gasteiger partial charge in [-0.05, 0) is 17.7 Å². The quantitative estimate of drug-likeness (QED) is 0.882. The molecule has 0 aromatic heterocycles. The van der Waals surface area contributed by atoms with Gasteiger partial charge in [0.15, 0.2) is 11.8 Å². The predicted octanol–water partition coefficient (Wildman–Crippen LogP) is 2.67. The first-order chi connectivity index (χ1) is 10.7. The lowest BCUT2D eigenvalue weighted by Gasteiger charge is -2.19. The minimum atomic E-state index is -0.246. The van der Waals surface area contributed by atoms with E-state index in [-0.39, 0.29) is 12.0 Å². The van der Waals surface area contributed by atoms with Gasteiger partial charge in [-0.2, -0.15) is 0 Å². The summed E-state index contributed by atoms with van der Waals surface area (Å²) in [6.07, 6.45) is 0.280. The molecule has 5 nitrogen and oxygen atoms in total. The van der Waals surface area contributed by atoms with Crippen molar-refractivity contribution in [1.29, 1.82) is 0 Å². The molecule has 2 aromatic carbocycles. The van der Waals surface area contributed by atoms with E-state index in [1.54, 1.807) is 12.1 Å². The lowest BCUT2D eigenvalue weighted by molar-refractivity contribution is -0.115. The fourth-order valence-electron chi connectivity index (χ4n) is 2.29. The Bertz CT molecular complexity index is 671. The summed E-state index contributed by atoms with van der Waals surface area (Å²) in [6.45, 7) is 0. The Morgan fingerprint density at radius 2 is 1.77 bits per heavy atom. The number of hydrazine groups is 1. The van der Waals surface area contributed by atoms with Gasteiger partial charge in [0.2, 0.25) is 0 Å². The number of rotatable bonds is 4.